The number of nitrogens with zero attached hydrogens (tertiary/aromatic N) is 4. The molecule has 0 radical (unpaired) electrons. The molecule has 0 aliphatic carbocycles. The number of sulfone groups is 1. The van der Waals surface area contributed by atoms with Gasteiger partial charge in [0.25, 0.3) is 11.8 Å². The van der Waals surface area contributed by atoms with Crippen molar-refractivity contribution in [1.29, 1.82) is 0 Å². The van der Waals surface area contributed by atoms with Crippen LogP contribution in [-0.2, 0) is 56.0 Å². The van der Waals surface area contributed by atoms with E-state index in [1.165, 1.54) is 40.5 Å². The number of nitrogens with two attached hydrogens (primary N) is 1. The van der Waals surface area contributed by atoms with Crippen molar-refractivity contribution in [3.63, 3.8) is 0 Å². The second-order valence-corrected chi connectivity index (χ2v) is 22.6. The van der Waals surface area contributed by atoms with Crippen molar-refractivity contribution < 1.29 is 53.3 Å². The minimum atomic E-state index is -4.61. The van der Waals surface area contributed by atoms with Gasteiger partial charge in [-0.05, 0) is 103 Å². The first kappa shape index (κ1) is 54.9. The Kier molecular flexibility index (Phi) is 16.6. The summed E-state index contributed by atoms with van der Waals surface area (Å²) in [6, 6.07) is 56.2. The van der Waals surface area contributed by atoms with Crippen molar-refractivity contribution >= 4 is 71.0 Å². The molecular weight excluding hydrogens is 1050 g/mol. The number of cyclic esters (lactones) is 1. The van der Waals surface area contributed by atoms with Gasteiger partial charge in [-0.2, -0.15) is 18.3 Å². The Bertz CT molecular complexity index is 3640. The summed E-state index contributed by atoms with van der Waals surface area (Å²) in [6.45, 7) is 2.06. The van der Waals surface area contributed by atoms with Crippen molar-refractivity contribution in [2.75, 3.05) is 28.6 Å². The number of benzene rings is 7. The Morgan fingerprint density at radius 2 is 1.10 bits per heavy atom. The van der Waals surface area contributed by atoms with Gasteiger partial charge in [0, 0.05) is 28.0 Å². The minimum Gasteiger partial charge on any atom is -0.457 e. The highest BCUT2D eigenvalue weighted by molar-refractivity contribution is 7.90. The number of para-hydroxylation sites is 2. The summed E-state index contributed by atoms with van der Waals surface area (Å²) < 4.78 is 104. The number of rotatable bonds is 12. The maximum Gasteiger partial charge on any atom is 0.435 e. The van der Waals surface area contributed by atoms with Gasteiger partial charge in [-0.3, -0.25) is 13.8 Å². The van der Waals surface area contributed by atoms with Crippen LogP contribution in [0.15, 0.2) is 215 Å². The van der Waals surface area contributed by atoms with Crippen LogP contribution >= 0.6 is 0 Å². The quantitative estimate of drug-likeness (QED) is 0.0908. The smallest absolute Gasteiger partial charge is 0.435 e. The molecule has 8 aromatic rings. The fourth-order valence-electron chi connectivity index (χ4n) is 8.24. The molecule has 1 unspecified atom stereocenters. The Morgan fingerprint density at radius 3 is 1.60 bits per heavy atom. The van der Waals surface area contributed by atoms with E-state index in [0.717, 1.165) is 33.0 Å². The van der Waals surface area contributed by atoms with Crippen LogP contribution in [0, 0.1) is 12.8 Å². The molecule has 10 rings (SSSR count). The largest absolute Gasteiger partial charge is 0.457 e. The van der Waals surface area contributed by atoms with E-state index >= 15 is 0 Å². The van der Waals surface area contributed by atoms with E-state index in [1.807, 2.05) is 91.9 Å². The van der Waals surface area contributed by atoms with E-state index < -0.39 is 48.4 Å². The van der Waals surface area contributed by atoms with Crippen LogP contribution in [0.2, 0.25) is 0 Å². The van der Waals surface area contributed by atoms with Gasteiger partial charge in [-0.1, -0.05) is 127 Å². The van der Waals surface area contributed by atoms with E-state index in [2.05, 4.69) is 5.10 Å². The number of esters is 1. The molecule has 394 valence electrons. The first-order valence-corrected chi connectivity index (χ1v) is 28.3. The van der Waals surface area contributed by atoms with Gasteiger partial charge in [0.1, 0.15) is 12.5 Å². The predicted molar refractivity (Wildman–Crippen MR) is 288 cm³/mol. The van der Waals surface area contributed by atoms with Crippen molar-refractivity contribution in [2.45, 2.75) is 34.2 Å². The molecule has 2 amide bonds. The van der Waals surface area contributed by atoms with E-state index in [4.69, 9.17) is 9.88 Å². The van der Waals surface area contributed by atoms with Crippen molar-refractivity contribution in [1.82, 2.24) is 9.78 Å². The number of amides is 2. The number of alkyl halides is 3. The molecule has 0 saturated carbocycles. The second-order valence-electron chi connectivity index (χ2n) is 17.5. The first-order valence-electron chi connectivity index (χ1n) is 23.5. The van der Waals surface area contributed by atoms with Gasteiger partial charge in [0.15, 0.2) is 15.5 Å². The molecule has 3 heterocycles. The standard InChI is InChI=1S/C23H20N2O3S.C17H14F3N3O2S.C17H14O4S/c26-22-21(16-17-29(28)20-14-8-3-9-15-20)23(27)25(19-12-6-2-7-13-19)24(22)18-10-4-1-5-11-18;1-11-2-4-12(5-3-11)15-10-16(17(18,19)20)22-23(15)13-6-8-14(9-7-13)26(21,24)25;1-22(19,20)14-9-7-12(8-10-14)15-11-21-17(18)16(15)13-5-3-2-4-6-13/h1-15,21H,16-17H2;2-10H,1H3,(H2,21,24,25);2-10H,11H2,1H3. The molecule has 2 aliphatic rings. The normalized spacial score (nSPS) is 14.4. The van der Waals surface area contributed by atoms with Gasteiger partial charge in [-0.25, -0.2) is 41.5 Å². The van der Waals surface area contributed by atoms with Crippen molar-refractivity contribution in [3.05, 3.63) is 223 Å². The highest BCUT2D eigenvalue weighted by Gasteiger charge is 2.47. The number of halogens is 3. The number of aryl methyl sites for hydroxylation is 1. The van der Waals surface area contributed by atoms with Crippen molar-refractivity contribution in [3.8, 4) is 16.9 Å². The van der Waals surface area contributed by atoms with Crippen LogP contribution in [-0.4, -0.2) is 67.2 Å². The van der Waals surface area contributed by atoms with Gasteiger partial charge >= 0.3 is 12.1 Å². The maximum atomic E-state index is 13.2. The summed E-state index contributed by atoms with van der Waals surface area (Å²) >= 11 is 0. The van der Waals surface area contributed by atoms with Gasteiger partial charge in [0.2, 0.25) is 10.0 Å². The van der Waals surface area contributed by atoms with E-state index in [-0.39, 0.29) is 57.7 Å². The van der Waals surface area contributed by atoms with Crippen LogP contribution in [0.4, 0.5) is 24.5 Å². The fourth-order valence-corrected chi connectivity index (χ4v) is 10.5. The number of ether oxygens (including phenoxy) is 1. The fraction of sp³-hybridized carbons (Fsp3) is 0.123. The predicted octanol–water partition coefficient (Wildman–Crippen LogP) is 9.87. The number of hydrogen-bond acceptors (Lipinski definition) is 10. The molecule has 1 aromatic heterocycles. The maximum absolute atomic E-state index is 13.2. The topological polar surface area (TPSA) is 196 Å². The summed E-state index contributed by atoms with van der Waals surface area (Å²) in [5.41, 5.74) is 5.14. The molecule has 1 saturated heterocycles. The van der Waals surface area contributed by atoms with Crippen LogP contribution < -0.4 is 15.2 Å². The zero-order valence-electron chi connectivity index (χ0n) is 41.2. The Hall–Kier alpha value is -8.30. The van der Waals surface area contributed by atoms with Gasteiger partial charge in [0.05, 0.1) is 48.9 Å². The second kappa shape index (κ2) is 23.3. The van der Waals surface area contributed by atoms with Crippen LogP contribution in [0.3, 0.4) is 0 Å². The molecule has 2 aliphatic heterocycles. The molecule has 20 heteroatoms. The number of carbonyl (C=O) groups is 3. The highest BCUT2D eigenvalue weighted by Crippen LogP contribution is 2.36. The number of anilines is 2. The van der Waals surface area contributed by atoms with Gasteiger partial charge < -0.3 is 4.74 Å². The monoisotopic (exact) mass is 1100 g/mol. The highest BCUT2D eigenvalue weighted by atomic mass is 32.2. The summed E-state index contributed by atoms with van der Waals surface area (Å²) in [5.74, 6) is -1.56. The molecule has 2 N–H and O–H groups in total. The van der Waals surface area contributed by atoms with Crippen LogP contribution in [0.25, 0.3) is 28.1 Å². The van der Waals surface area contributed by atoms with Crippen LogP contribution in [0.1, 0.15) is 28.8 Å². The van der Waals surface area contributed by atoms with E-state index in [1.54, 1.807) is 84.9 Å². The summed E-state index contributed by atoms with van der Waals surface area (Å²) in [5, 5.41) is 11.5. The number of aromatic nitrogens is 2. The minimum absolute atomic E-state index is 0.138. The third-order valence-corrected chi connectivity index (χ3v) is 15.6. The zero-order valence-corrected chi connectivity index (χ0v) is 43.6. The third-order valence-electron chi connectivity index (χ3n) is 12.1. The molecule has 0 bridgehead atoms. The third kappa shape index (κ3) is 13.0. The van der Waals surface area contributed by atoms with Crippen LogP contribution in [0.5, 0.6) is 0 Å². The SMILES string of the molecule is CS(=O)(=O)c1ccc(C2=C(c3ccccc3)C(=O)OC2)cc1.Cc1ccc(-c2cc(C(F)(F)F)nn2-c2ccc(S(N)(=O)=O)cc2)cc1.O=C1C(CCS(=O)c2ccccc2)C(=O)N(c2ccccc2)N1c1ccccc1. The molecular formula is C57H48F3N5O9S3. The van der Waals surface area contributed by atoms with Gasteiger partial charge in [-0.15, -0.1) is 0 Å². The molecule has 1 fully saturated rings. The Labute approximate surface area is 445 Å². The lowest BCUT2D eigenvalue weighted by Gasteiger charge is -2.27. The number of hydrazine groups is 1. The Morgan fingerprint density at radius 1 is 0.623 bits per heavy atom. The van der Waals surface area contributed by atoms with E-state index in [0.29, 0.717) is 27.4 Å². The number of sulfonamides is 1. The number of carbonyl (C=O) groups excluding carboxylic acids is 3. The van der Waals surface area contributed by atoms with E-state index in [9.17, 15) is 48.6 Å². The summed E-state index contributed by atoms with van der Waals surface area (Å²) in [6.07, 6.45) is -3.21. The number of hydrogen-bond donors (Lipinski definition) is 1. The summed E-state index contributed by atoms with van der Waals surface area (Å²) in [7, 11) is -8.39. The molecule has 1 atom stereocenters. The summed E-state index contributed by atoms with van der Waals surface area (Å²) in [4.78, 5) is 39.3. The number of primary sulfonamides is 1. The Balaban J connectivity index is 0.000000154. The molecule has 14 nitrogen and oxygen atoms in total. The molecule has 77 heavy (non-hydrogen) atoms. The lowest BCUT2D eigenvalue weighted by Crippen LogP contribution is -2.41. The van der Waals surface area contributed by atoms with Crippen molar-refractivity contribution in [2.24, 2.45) is 11.1 Å². The lowest BCUT2D eigenvalue weighted by molar-refractivity contribution is -0.141. The first-order chi connectivity index (χ1) is 36.7. The average molecular weight is 1100 g/mol. The zero-order chi connectivity index (χ0) is 55.1. The molecule has 7 aromatic carbocycles. The molecule has 0 spiro atoms. The average Bonchev–Trinajstić information content (AvgIpc) is 4.15. The lowest BCUT2D eigenvalue weighted by atomic mass is 9.97.